The summed E-state index contributed by atoms with van der Waals surface area (Å²) in [6, 6.07) is 3.98. The van der Waals surface area contributed by atoms with Gasteiger partial charge in [0, 0.05) is 46.2 Å². The lowest BCUT2D eigenvalue weighted by Crippen LogP contribution is -2.63. The molecule has 0 saturated heterocycles. The highest BCUT2D eigenvalue weighted by Crippen LogP contribution is 2.34. The molecular weight excluding hydrogens is 991 g/mol. The van der Waals surface area contributed by atoms with Crippen LogP contribution in [-0.2, 0) is 47.9 Å². The van der Waals surface area contributed by atoms with Gasteiger partial charge in [-0.1, -0.05) is 82.1 Å². The first kappa shape index (κ1) is 68.2. The molecule has 1 heterocycles. The second-order valence-electron chi connectivity index (χ2n) is 22.0. The van der Waals surface area contributed by atoms with Crippen LogP contribution in [0.4, 0.5) is 11.4 Å². The first-order valence-electron chi connectivity index (χ1n) is 26.9. The van der Waals surface area contributed by atoms with Gasteiger partial charge in [0.2, 0.25) is 53.2 Å². The standard InChI is InChI=1S/C32H58N8O8.C22H35N5O2/c1-16(2)12-21(27(33)44)37-23(42)14-35-30(47)26(19(7)8)39-31(48)32(10,11)40-28(45)22(13-17(3)4)38-24(43)15-34-29(46)25(18(5)6)36-20(9)41;1-6-8-14-23-20(28)19-16-22(3,21(29)24-15-9-7-2)27(25-19)18-12-10-17(11-13-18)26(4)5/h16-19,21-22,25-26H,12-15H2,1-11H3,(H2,33,44)(H,34,46)(H,35,47)(H,36,41)(H,37,42)(H,38,43)(H,39,48)(H,40,45);10-13H,6-9,14-16H2,1-5H3,(H,23,28)(H,24,29). The van der Waals surface area contributed by atoms with Crippen LogP contribution in [0, 0.1) is 23.7 Å². The Balaban J connectivity index is 0.000000865. The van der Waals surface area contributed by atoms with Crippen LogP contribution in [0.2, 0.25) is 0 Å². The minimum absolute atomic E-state index is 0.0347. The molecule has 0 saturated carbocycles. The quantitative estimate of drug-likeness (QED) is 0.0494. The van der Waals surface area contributed by atoms with E-state index >= 15 is 0 Å². The SMILES string of the molecule is CC(=O)NC(C(=O)NCC(=O)NC(CC(C)C)C(=O)NC(C)(C)C(=O)NC(C(=O)NCC(=O)NC(CC(C)C)C(N)=O)C(C)C)C(C)C.CCCCNC(=O)C1=NN(c2ccc(N(C)C)cc2)C(C)(C(=O)NCCCC)C1. The maximum absolute atomic E-state index is 13.3. The molecule has 0 radical (unpaired) electrons. The van der Waals surface area contributed by atoms with E-state index < -0.39 is 102 Å². The molecule has 2 rings (SSSR count). The fourth-order valence-corrected chi connectivity index (χ4v) is 7.78. The first-order chi connectivity index (χ1) is 35.8. The number of anilines is 2. The van der Waals surface area contributed by atoms with Gasteiger partial charge in [-0.05, 0) is 94.4 Å². The lowest BCUT2D eigenvalue weighted by atomic mass is 9.93. The smallest absolute Gasteiger partial charge is 0.267 e. The Labute approximate surface area is 456 Å². The van der Waals surface area contributed by atoms with Crippen LogP contribution in [0.5, 0.6) is 0 Å². The second kappa shape index (κ2) is 32.7. The summed E-state index contributed by atoms with van der Waals surface area (Å²) >= 11 is 0. The van der Waals surface area contributed by atoms with Gasteiger partial charge in [0.25, 0.3) is 5.91 Å². The van der Waals surface area contributed by atoms with E-state index in [2.05, 4.69) is 66.8 Å². The number of nitrogens with two attached hydrogens (primary N) is 1. The Morgan fingerprint density at radius 3 is 1.58 bits per heavy atom. The number of carbonyl (C=O) groups is 10. The normalized spacial score (nSPS) is 15.6. The molecule has 77 heavy (non-hydrogen) atoms. The summed E-state index contributed by atoms with van der Waals surface area (Å²) in [5.41, 5.74) is 5.13. The molecule has 0 aliphatic carbocycles. The van der Waals surface area contributed by atoms with Gasteiger partial charge >= 0.3 is 0 Å². The average molecular weight is 1080 g/mol. The highest BCUT2D eigenvalue weighted by molar-refractivity contribution is 6.40. The third-order valence-corrected chi connectivity index (χ3v) is 12.3. The number of benzene rings is 1. The van der Waals surface area contributed by atoms with Crippen LogP contribution in [0.3, 0.4) is 0 Å². The Morgan fingerprint density at radius 1 is 0.675 bits per heavy atom. The lowest BCUT2D eigenvalue weighted by Gasteiger charge is -2.33. The summed E-state index contributed by atoms with van der Waals surface area (Å²) in [5, 5.41) is 30.0. The fraction of sp³-hybridized carbons (Fsp3) is 0.685. The Bertz CT molecular complexity index is 2200. The zero-order chi connectivity index (χ0) is 59.0. The largest absolute Gasteiger partial charge is 0.378 e. The molecule has 1 aromatic carbocycles. The molecule has 0 aromatic heterocycles. The molecule has 1 aliphatic heterocycles. The second-order valence-corrected chi connectivity index (χ2v) is 22.0. The number of unbranched alkanes of at least 4 members (excludes halogenated alkanes) is 2. The zero-order valence-electron chi connectivity index (χ0n) is 48.7. The lowest BCUT2D eigenvalue weighted by molar-refractivity contribution is -0.137. The Hall–Kier alpha value is -6.81. The molecule has 23 nitrogen and oxygen atoms in total. The van der Waals surface area contributed by atoms with Crippen molar-refractivity contribution in [2.75, 3.05) is 50.2 Å². The molecule has 5 atom stereocenters. The highest BCUT2D eigenvalue weighted by atomic mass is 16.2. The van der Waals surface area contributed by atoms with E-state index in [0.29, 0.717) is 25.2 Å². The summed E-state index contributed by atoms with van der Waals surface area (Å²) in [6.07, 6.45) is 4.68. The van der Waals surface area contributed by atoms with Crippen molar-refractivity contribution in [3.05, 3.63) is 24.3 Å². The summed E-state index contributed by atoms with van der Waals surface area (Å²) < 4.78 is 0. The number of hydrogen-bond donors (Lipinski definition) is 10. The number of nitrogens with zero attached hydrogens (tertiary/aromatic N) is 3. The summed E-state index contributed by atoms with van der Waals surface area (Å²) in [6.45, 7) is 24.8. The summed E-state index contributed by atoms with van der Waals surface area (Å²) in [5.74, 6) is -5.82. The fourth-order valence-electron chi connectivity index (χ4n) is 7.78. The molecule has 1 aromatic rings. The third-order valence-electron chi connectivity index (χ3n) is 12.3. The van der Waals surface area contributed by atoms with Gasteiger partial charge < -0.3 is 58.5 Å². The zero-order valence-corrected chi connectivity index (χ0v) is 48.7. The average Bonchev–Trinajstić information content (AvgIpc) is 3.70. The Kier molecular flexibility index (Phi) is 29.0. The van der Waals surface area contributed by atoms with Gasteiger partial charge in [0.05, 0.1) is 18.8 Å². The van der Waals surface area contributed by atoms with E-state index in [1.807, 2.05) is 77.9 Å². The van der Waals surface area contributed by atoms with Crippen molar-refractivity contribution in [3.63, 3.8) is 0 Å². The minimum atomic E-state index is -1.54. The molecule has 5 unspecified atom stereocenters. The molecule has 1 aliphatic rings. The minimum Gasteiger partial charge on any atom is -0.378 e. The number of nitrogens with one attached hydrogen (secondary N) is 9. The van der Waals surface area contributed by atoms with Gasteiger partial charge in [0.1, 0.15) is 41.0 Å². The van der Waals surface area contributed by atoms with E-state index in [-0.39, 0.29) is 42.4 Å². The van der Waals surface area contributed by atoms with Gasteiger partial charge in [-0.15, -0.1) is 0 Å². The topological polar surface area (TPSA) is 324 Å². The maximum Gasteiger partial charge on any atom is 0.267 e. The molecule has 10 amide bonds. The van der Waals surface area contributed by atoms with Crippen LogP contribution in [0.1, 0.15) is 142 Å². The van der Waals surface area contributed by atoms with Crippen molar-refractivity contribution in [1.29, 1.82) is 0 Å². The van der Waals surface area contributed by atoms with Crippen LogP contribution >= 0.6 is 0 Å². The van der Waals surface area contributed by atoms with Crippen LogP contribution in [-0.4, -0.2) is 140 Å². The number of amides is 10. The monoisotopic (exact) mass is 1080 g/mol. The van der Waals surface area contributed by atoms with Gasteiger partial charge in [-0.2, -0.15) is 5.10 Å². The molecule has 434 valence electrons. The van der Waals surface area contributed by atoms with E-state index in [0.717, 1.165) is 37.1 Å². The van der Waals surface area contributed by atoms with Crippen LogP contribution < -0.4 is 63.5 Å². The van der Waals surface area contributed by atoms with Crippen molar-refractivity contribution in [3.8, 4) is 0 Å². The van der Waals surface area contributed by atoms with Gasteiger partial charge in [-0.3, -0.25) is 47.9 Å². The van der Waals surface area contributed by atoms with Crippen LogP contribution in [0.15, 0.2) is 29.4 Å². The number of hydrazone groups is 1. The number of carbonyl (C=O) groups excluding carboxylic acids is 10. The molecule has 23 heteroatoms. The van der Waals surface area contributed by atoms with Crippen molar-refractivity contribution in [2.45, 2.75) is 177 Å². The Morgan fingerprint density at radius 2 is 1.14 bits per heavy atom. The third kappa shape index (κ3) is 23.5. The molecule has 11 N–H and O–H groups in total. The molecular formula is C54H93N13O10. The van der Waals surface area contributed by atoms with Crippen molar-refractivity contribution in [1.82, 2.24) is 47.9 Å². The van der Waals surface area contributed by atoms with E-state index in [1.54, 1.807) is 32.7 Å². The summed E-state index contributed by atoms with van der Waals surface area (Å²) in [7, 11) is 3.96. The maximum atomic E-state index is 13.3. The predicted octanol–water partition coefficient (Wildman–Crippen LogP) is 1.87. The van der Waals surface area contributed by atoms with Gasteiger partial charge in [-0.25, -0.2) is 5.01 Å². The molecule has 0 fully saturated rings. The molecule has 0 spiro atoms. The predicted molar refractivity (Wildman–Crippen MR) is 299 cm³/mol. The van der Waals surface area contributed by atoms with E-state index in [1.165, 1.54) is 20.8 Å². The summed E-state index contributed by atoms with van der Waals surface area (Å²) in [4.78, 5) is 128. The van der Waals surface area contributed by atoms with Crippen molar-refractivity contribution in [2.24, 2.45) is 34.5 Å². The number of primary amides is 1. The molecule has 0 bridgehead atoms. The van der Waals surface area contributed by atoms with E-state index in [4.69, 9.17) is 5.73 Å². The van der Waals surface area contributed by atoms with Gasteiger partial charge in [0.15, 0.2) is 0 Å². The van der Waals surface area contributed by atoms with Crippen molar-refractivity contribution >= 4 is 76.2 Å². The first-order valence-corrected chi connectivity index (χ1v) is 26.9. The van der Waals surface area contributed by atoms with E-state index in [9.17, 15) is 47.9 Å². The highest BCUT2D eigenvalue weighted by Gasteiger charge is 2.47. The van der Waals surface area contributed by atoms with Crippen molar-refractivity contribution < 1.29 is 47.9 Å². The number of rotatable bonds is 30. The number of hydrogen-bond acceptors (Lipinski definition) is 13. The van der Waals surface area contributed by atoms with Crippen LogP contribution in [0.25, 0.3) is 0 Å².